The maximum atomic E-state index is 12.6. The normalized spacial score (nSPS) is 16.5. The van der Waals surface area contributed by atoms with Crippen molar-refractivity contribution in [2.45, 2.75) is 12.8 Å². The van der Waals surface area contributed by atoms with Gasteiger partial charge in [0.05, 0.1) is 12.3 Å². The van der Waals surface area contributed by atoms with Gasteiger partial charge in [-0.25, -0.2) is 14.5 Å². The minimum atomic E-state index is -3.79. The third-order valence-electron chi connectivity index (χ3n) is 5.23. The second kappa shape index (κ2) is 10.9. The first-order valence-electron chi connectivity index (χ1n) is 10.4. The smallest absolute Gasteiger partial charge is 0.341 e. The number of halogens is 1. The van der Waals surface area contributed by atoms with E-state index in [0.29, 0.717) is 29.6 Å². The summed E-state index contributed by atoms with van der Waals surface area (Å²) in [5.74, 6) is -0.761. The molecule has 0 amide bonds. The highest BCUT2D eigenvalue weighted by molar-refractivity contribution is 7.87. The van der Waals surface area contributed by atoms with Gasteiger partial charge in [0.15, 0.2) is 6.61 Å². The van der Waals surface area contributed by atoms with E-state index in [2.05, 4.69) is 14.8 Å². The van der Waals surface area contributed by atoms with Crippen LogP contribution in [0.1, 0.15) is 24.0 Å². The molecule has 1 atom stereocenters. The summed E-state index contributed by atoms with van der Waals surface area (Å²) < 4.78 is 34.0. The van der Waals surface area contributed by atoms with E-state index >= 15 is 0 Å². The Balaban J connectivity index is 1.92. The maximum absolute atomic E-state index is 12.6. The molecule has 10 nitrogen and oxygen atoms in total. The summed E-state index contributed by atoms with van der Waals surface area (Å²) in [6.07, 6.45) is 0. The fourth-order valence-corrected chi connectivity index (χ4v) is 4.34. The number of benzene rings is 2. The van der Waals surface area contributed by atoms with Crippen LogP contribution in [0, 0.1) is 0 Å². The molecule has 34 heavy (non-hydrogen) atoms. The summed E-state index contributed by atoms with van der Waals surface area (Å²) in [6.45, 7) is 1.92. The molecule has 1 unspecified atom stereocenters. The summed E-state index contributed by atoms with van der Waals surface area (Å²) >= 11 is 6.05. The fourth-order valence-electron chi connectivity index (χ4n) is 3.30. The SMILES string of the molecule is CCN(C)S(=O)(=O)NC(=NC)N1CC(c2ccc(OCC(=O)O)cc2)C(c2ccc(Cl)cc2)=N1. The molecular weight excluding hydrogens is 482 g/mol. The topological polar surface area (TPSA) is 124 Å². The molecule has 3 rings (SSSR count). The molecule has 0 saturated carbocycles. The molecular formula is C22H26ClN5O5S. The van der Waals surface area contributed by atoms with E-state index in [1.807, 2.05) is 24.3 Å². The van der Waals surface area contributed by atoms with Gasteiger partial charge in [-0.3, -0.25) is 4.99 Å². The maximum Gasteiger partial charge on any atom is 0.341 e. The van der Waals surface area contributed by atoms with E-state index in [0.717, 1.165) is 11.1 Å². The van der Waals surface area contributed by atoms with Gasteiger partial charge < -0.3 is 9.84 Å². The molecule has 0 aromatic heterocycles. The fraction of sp³-hybridized carbons (Fsp3) is 0.318. The van der Waals surface area contributed by atoms with Crippen LogP contribution >= 0.6 is 11.6 Å². The summed E-state index contributed by atoms with van der Waals surface area (Å²) in [7, 11) is -0.828. The second-order valence-electron chi connectivity index (χ2n) is 7.45. The molecule has 0 bridgehead atoms. The molecule has 182 valence electrons. The molecule has 0 radical (unpaired) electrons. The van der Waals surface area contributed by atoms with Gasteiger partial charge in [-0.2, -0.15) is 17.8 Å². The summed E-state index contributed by atoms with van der Waals surface area (Å²) in [4.78, 5) is 14.9. The number of nitrogens with zero attached hydrogens (tertiary/aromatic N) is 4. The van der Waals surface area contributed by atoms with Crippen LogP contribution in [-0.2, 0) is 15.0 Å². The highest BCUT2D eigenvalue weighted by Crippen LogP contribution is 2.30. The third kappa shape index (κ3) is 6.04. The van der Waals surface area contributed by atoms with Crippen LogP contribution in [0.5, 0.6) is 5.75 Å². The first-order chi connectivity index (χ1) is 16.1. The molecule has 0 aliphatic carbocycles. The lowest BCUT2D eigenvalue weighted by molar-refractivity contribution is -0.139. The zero-order valence-electron chi connectivity index (χ0n) is 19.0. The molecule has 12 heteroatoms. The number of aliphatic imine (C=N–C) groups is 1. The highest BCUT2D eigenvalue weighted by Gasteiger charge is 2.33. The molecule has 0 spiro atoms. The number of ether oxygens (including phenoxy) is 1. The molecule has 1 heterocycles. The molecule has 0 fully saturated rings. The van der Waals surface area contributed by atoms with Gasteiger partial charge in [0, 0.05) is 31.6 Å². The van der Waals surface area contributed by atoms with Gasteiger partial charge in [-0.1, -0.05) is 42.8 Å². The predicted octanol–water partition coefficient (Wildman–Crippen LogP) is 2.38. The van der Waals surface area contributed by atoms with Crippen molar-refractivity contribution < 1.29 is 23.1 Å². The lowest BCUT2D eigenvalue weighted by Crippen LogP contribution is -2.46. The zero-order valence-corrected chi connectivity index (χ0v) is 20.5. The Hall–Kier alpha value is -3.15. The molecule has 2 aromatic carbocycles. The standard InChI is InChI=1S/C22H26ClN5O5S/c1-4-27(3)34(31,32)26-22(24-2)28-13-19(21(25-28)16-5-9-17(23)10-6-16)15-7-11-18(12-8-15)33-14-20(29)30/h5-12,19H,4,13-14H2,1-3H3,(H,24,26)(H,29,30). The molecule has 1 aliphatic rings. The number of nitrogens with one attached hydrogen (secondary N) is 1. The van der Waals surface area contributed by atoms with Gasteiger partial charge >= 0.3 is 16.2 Å². The Kier molecular flexibility index (Phi) is 8.13. The van der Waals surface area contributed by atoms with Crippen molar-refractivity contribution in [3.8, 4) is 5.75 Å². The van der Waals surface area contributed by atoms with Crippen LogP contribution in [0.3, 0.4) is 0 Å². The number of carboxylic acids is 1. The van der Waals surface area contributed by atoms with E-state index in [9.17, 15) is 13.2 Å². The number of hydrogen-bond acceptors (Lipinski definition) is 6. The minimum absolute atomic E-state index is 0.0932. The Bertz CT molecular complexity index is 1180. The van der Waals surface area contributed by atoms with Crippen molar-refractivity contribution >= 4 is 39.5 Å². The van der Waals surface area contributed by atoms with Crippen LogP contribution in [-0.4, -0.2) is 74.3 Å². The summed E-state index contributed by atoms with van der Waals surface area (Å²) in [5.41, 5.74) is 2.43. The molecule has 0 saturated heterocycles. The number of rotatable bonds is 8. The van der Waals surface area contributed by atoms with Gasteiger partial charge in [-0.05, 0) is 35.4 Å². The van der Waals surface area contributed by atoms with Crippen LogP contribution in [0.4, 0.5) is 0 Å². The number of aliphatic carboxylic acids is 1. The van der Waals surface area contributed by atoms with Crippen LogP contribution in [0.25, 0.3) is 0 Å². The molecule has 1 aliphatic heterocycles. The lowest BCUT2D eigenvalue weighted by Gasteiger charge is -2.22. The monoisotopic (exact) mass is 507 g/mol. The first kappa shape index (κ1) is 25.5. The number of hydrazone groups is 1. The number of carboxylic acid groups (broad SMARTS) is 1. The molecule has 2 N–H and O–H groups in total. The molecule has 2 aromatic rings. The Morgan fingerprint density at radius 3 is 2.47 bits per heavy atom. The predicted molar refractivity (Wildman–Crippen MR) is 131 cm³/mol. The van der Waals surface area contributed by atoms with Crippen LogP contribution in [0.2, 0.25) is 5.02 Å². The van der Waals surface area contributed by atoms with E-state index in [-0.39, 0.29) is 11.9 Å². The minimum Gasteiger partial charge on any atom is -0.482 e. The van der Waals surface area contributed by atoms with E-state index in [1.54, 1.807) is 31.2 Å². The first-order valence-corrected chi connectivity index (χ1v) is 12.2. The average molecular weight is 508 g/mol. The summed E-state index contributed by atoms with van der Waals surface area (Å²) in [6, 6.07) is 14.2. The van der Waals surface area contributed by atoms with Crippen molar-refractivity contribution in [3.63, 3.8) is 0 Å². The number of hydrogen-bond donors (Lipinski definition) is 2. The van der Waals surface area contributed by atoms with E-state index in [1.165, 1.54) is 23.4 Å². The van der Waals surface area contributed by atoms with Crippen molar-refractivity contribution in [2.75, 3.05) is 33.8 Å². The largest absolute Gasteiger partial charge is 0.482 e. The van der Waals surface area contributed by atoms with Gasteiger partial charge in [0.25, 0.3) is 0 Å². The van der Waals surface area contributed by atoms with Crippen LogP contribution in [0.15, 0.2) is 58.6 Å². The Labute approximate surface area is 203 Å². The second-order valence-corrected chi connectivity index (χ2v) is 9.66. The van der Waals surface area contributed by atoms with Crippen LogP contribution < -0.4 is 9.46 Å². The van der Waals surface area contributed by atoms with Gasteiger partial charge in [-0.15, -0.1) is 0 Å². The average Bonchev–Trinajstić information content (AvgIpc) is 3.26. The van der Waals surface area contributed by atoms with Crippen molar-refractivity contribution in [1.82, 2.24) is 14.0 Å². The Morgan fingerprint density at radius 2 is 1.91 bits per heavy atom. The van der Waals surface area contributed by atoms with Gasteiger partial charge in [0.1, 0.15) is 5.75 Å². The van der Waals surface area contributed by atoms with E-state index < -0.39 is 22.8 Å². The number of carbonyl (C=O) groups is 1. The van der Waals surface area contributed by atoms with Crippen molar-refractivity contribution in [1.29, 1.82) is 0 Å². The Morgan fingerprint density at radius 1 is 1.26 bits per heavy atom. The quantitative estimate of drug-likeness (QED) is 0.417. The van der Waals surface area contributed by atoms with Gasteiger partial charge in [0.2, 0.25) is 5.96 Å². The van der Waals surface area contributed by atoms with E-state index in [4.69, 9.17) is 21.4 Å². The van der Waals surface area contributed by atoms with Crippen molar-refractivity contribution in [3.05, 3.63) is 64.7 Å². The third-order valence-corrected chi connectivity index (χ3v) is 7.00. The van der Waals surface area contributed by atoms with Crippen molar-refractivity contribution in [2.24, 2.45) is 10.1 Å². The lowest BCUT2D eigenvalue weighted by atomic mass is 9.90. The number of guanidine groups is 1. The summed E-state index contributed by atoms with van der Waals surface area (Å²) in [5, 5.41) is 15.6. The highest BCUT2D eigenvalue weighted by atomic mass is 35.5. The zero-order chi connectivity index (χ0) is 24.9.